The second kappa shape index (κ2) is 9.26. The summed E-state index contributed by atoms with van der Waals surface area (Å²) < 4.78 is 10.4. The second-order valence-corrected chi connectivity index (χ2v) is 6.89. The normalized spacial score (nSPS) is 14.4. The topological polar surface area (TPSA) is 67.9 Å². The van der Waals surface area contributed by atoms with Crippen LogP contribution in [0.5, 0.6) is 11.5 Å². The molecule has 6 nitrogen and oxygen atoms in total. The number of rotatable bonds is 6. The summed E-state index contributed by atoms with van der Waals surface area (Å²) in [5, 5.41) is 3.06. The zero-order chi connectivity index (χ0) is 19.9. The number of carbonyl (C=O) groups excluding carboxylic acids is 2. The van der Waals surface area contributed by atoms with Crippen LogP contribution in [0.15, 0.2) is 48.5 Å². The number of likely N-dealkylation sites (tertiary alicyclic amines) is 1. The molecule has 1 N–H and O–H groups in total. The predicted octanol–water partition coefficient (Wildman–Crippen LogP) is 2.67. The van der Waals surface area contributed by atoms with E-state index in [9.17, 15) is 9.59 Å². The largest absolute Gasteiger partial charge is 0.497 e. The molecule has 2 amide bonds. The summed E-state index contributed by atoms with van der Waals surface area (Å²) in [7, 11) is 3.20. The minimum Gasteiger partial charge on any atom is -0.497 e. The average molecular weight is 382 g/mol. The number of ether oxygens (including phenoxy) is 2. The highest BCUT2D eigenvalue weighted by atomic mass is 16.5. The number of benzene rings is 2. The van der Waals surface area contributed by atoms with Gasteiger partial charge in [-0.2, -0.15) is 0 Å². The van der Waals surface area contributed by atoms with Gasteiger partial charge in [0.15, 0.2) is 0 Å². The Morgan fingerprint density at radius 3 is 2.32 bits per heavy atom. The van der Waals surface area contributed by atoms with Gasteiger partial charge >= 0.3 is 0 Å². The van der Waals surface area contributed by atoms with Gasteiger partial charge in [-0.05, 0) is 48.7 Å². The molecule has 3 rings (SSSR count). The Labute approximate surface area is 165 Å². The van der Waals surface area contributed by atoms with Crippen LogP contribution < -0.4 is 14.8 Å². The van der Waals surface area contributed by atoms with Gasteiger partial charge < -0.3 is 19.7 Å². The molecule has 6 heteroatoms. The van der Waals surface area contributed by atoms with Crippen LogP contribution in [0.25, 0.3) is 0 Å². The monoisotopic (exact) mass is 382 g/mol. The lowest BCUT2D eigenvalue weighted by molar-refractivity contribution is -0.131. The number of methoxy groups -OCH3 is 2. The van der Waals surface area contributed by atoms with E-state index in [-0.39, 0.29) is 17.9 Å². The van der Waals surface area contributed by atoms with Crippen molar-refractivity contribution < 1.29 is 19.1 Å². The fourth-order valence-electron chi connectivity index (χ4n) is 3.38. The van der Waals surface area contributed by atoms with E-state index in [1.54, 1.807) is 32.4 Å². The molecule has 0 unspecified atom stereocenters. The lowest BCUT2D eigenvalue weighted by atomic mass is 10.0. The molecule has 0 spiro atoms. The first kappa shape index (κ1) is 19.7. The number of nitrogens with one attached hydrogen (secondary N) is 1. The molecular weight excluding hydrogens is 356 g/mol. The quantitative estimate of drug-likeness (QED) is 0.834. The maximum absolute atomic E-state index is 12.6. The Kier molecular flexibility index (Phi) is 6.53. The van der Waals surface area contributed by atoms with Crippen molar-refractivity contribution in [1.29, 1.82) is 0 Å². The zero-order valence-electron chi connectivity index (χ0n) is 16.3. The van der Waals surface area contributed by atoms with E-state index in [2.05, 4.69) is 5.32 Å². The Bertz CT molecular complexity index is 829. The van der Waals surface area contributed by atoms with Crippen LogP contribution >= 0.6 is 0 Å². The van der Waals surface area contributed by atoms with E-state index < -0.39 is 0 Å². The molecule has 28 heavy (non-hydrogen) atoms. The fraction of sp³-hybridized carbons (Fsp3) is 0.364. The SMILES string of the molecule is COc1cccc(CC(=O)N2CCC(NC(=O)c3cccc(OC)c3)CC2)c1. The third kappa shape index (κ3) is 5.03. The van der Waals surface area contributed by atoms with Gasteiger partial charge in [0.2, 0.25) is 5.91 Å². The van der Waals surface area contributed by atoms with Crippen molar-refractivity contribution in [2.45, 2.75) is 25.3 Å². The molecule has 0 atom stereocenters. The molecule has 2 aromatic carbocycles. The maximum Gasteiger partial charge on any atom is 0.251 e. The summed E-state index contributed by atoms with van der Waals surface area (Å²) in [5.41, 5.74) is 1.52. The Morgan fingerprint density at radius 2 is 1.64 bits per heavy atom. The molecule has 2 aromatic rings. The molecule has 1 aliphatic rings. The van der Waals surface area contributed by atoms with Crippen molar-refractivity contribution in [2.75, 3.05) is 27.3 Å². The Morgan fingerprint density at radius 1 is 1.00 bits per heavy atom. The van der Waals surface area contributed by atoms with Gasteiger partial charge in [-0.25, -0.2) is 0 Å². The van der Waals surface area contributed by atoms with E-state index >= 15 is 0 Å². The van der Waals surface area contributed by atoms with Crippen molar-refractivity contribution in [3.05, 3.63) is 59.7 Å². The minimum absolute atomic E-state index is 0.0690. The Balaban J connectivity index is 1.49. The van der Waals surface area contributed by atoms with E-state index in [0.717, 1.165) is 24.2 Å². The van der Waals surface area contributed by atoms with Gasteiger partial charge in [0.25, 0.3) is 5.91 Å². The summed E-state index contributed by atoms with van der Waals surface area (Å²) in [6.45, 7) is 1.29. The number of nitrogens with zero attached hydrogens (tertiary/aromatic N) is 1. The first-order chi connectivity index (χ1) is 13.6. The van der Waals surface area contributed by atoms with Crippen molar-refractivity contribution in [3.8, 4) is 11.5 Å². The summed E-state index contributed by atoms with van der Waals surface area (Å²) >= 11 is 0. The van der Waals surface area contributed by atoms with Crippen LogP contribution in [0.2, 0.25) is 0 Å². The van der Waals surface area contributed by atoms with Crippen molar-refractivity contribution in [1.82, 2.24) is 10.2 Å². The lowest BCUT2D eigenvalue weighted by Gasteiger charge is -2.32. The number of hydrogen-bond acceptors (Lipinski definition) is 4. The molecule has 148 valence electrons. The van der Waals surface area contributed by atoms with Gasteiger partial charge in [-0.1, -0.05) is 18.2 Å². The molecule has 0 bridgehead atoms. The second-order valence-electron chi connectivity index (χ2n) is 6.89. The molecule has 1 aliphatic heterocycles. The summed E-state index contributed by atoms with van der Waals surface area (Å²) in [6.07, 6.45) is 1.86. The van der Waals surface area contributed by atoms with Crippen LogP contribution in [-0.4, -0.2) is 50.1 Å². The van der Waals surface area contributed by atoms with Crippen molar-refractivity contribution >= 4 is 11.8 Å². The smallest absolute Gasteiger partial charge is 0.251 e. The molecule has 0 aliphatic carbocycles. The van der Waals surface area contributed by atoms with Crippen molar-refractivity contribution in [3.63, 3.8) is 0 Å². The molecule has 0 aromatic heterocycles. The maximum atomic E-state index is 12.6. The number of hydrogen-bond donors (Lipinski definition) is 1. The van der Waals surface area contributed by atoms with Crippen molar-refractivity contribution in [2.24, 2.45) is 0 Å². The predicted molar refractivity (Wildman–Crippen MR) is 107 cm³/mol. The summed E-state index contributed by atoms with van der Waals surface area (Å²) in [5.74, 6) is 1.40. The third-order valence-electron chi connectivity index (χ3n) is 5.00. The highest BCUT2D eigenvalue weighted by molar-refractivity contribution is 5.94. The van der Waals surface area contributed by atoms with E-state index in [0.29, 0.717) is 30.8 Å². The van der Waals surface area contributed by atoms with E-state index in [1.165, 1.54) is 0 Å². The third-order valence-corrected chi connectivity index (χ3v) is 5.00. The lowest BCUT2D eigenvalue weighted by Crippen LogP contribution is -2.47. The van der Waals surface area contributed by atoms with Crippen LogP contribution in [-0.2, 0) is 11.2 Å². The average Bonchev–Trinajstić information content (AvgIpc) is 2.74. The van der Waals surface area contributed by atoms with Crippen LogP contribution in [0.1, 0.15) is 28.8 Å². The highest BCUT2D eigenvalue weighted by Crippen LogP contribution is 2.17. The zero-order valence-corrected chi connectivity index (χ0v) is 16.3. The van der Waals surface area contributed by atoms with Crippen LogP contribution in [0, 0.1) is 0 Å². The van der Waals surface area contributed by atoms with E-state index in [4.69, 9.17) is 9.47 Å². The molecule has 1 saturated heterocycles. The van der Waals surface area contributed by atoms with Gasteiger partial charge in [-0.3, -0.25) is 9.59 Å². The van der Waals surface area contributed by atoms with Crippen LogP contribution in [0.4, 0.5) is 0 Å². The van der Waals surface area contributed by atoms with Gasteiger partial charge in [-0.15, -0.1) is 0 Å². The number of amides is 2. The molecule has 0 saturated carbocycles. The summed E-state index contributed by atoms with van der Waals surface area (Å²) in [4.78, 5) is 26.9. The first-order valence-electron chi connectivity index (χ1n) is 9.44. The molecule has 0 radical (unpaired) electrons. The minimum atomic E-state index is -0.111. The van der Waals surface area contributed by atoms with E-state index in [1.807, 2.05) is 35.2 Å². The van der Waals surface area contributed by atoms with Gasteiger partial charge in [0, 0.05) is 24.7 Å². The molecule has 1 heterocycles. The van der Waals surface area contributed by atoms with Gasteiger partial charge in [0.05, 0.1) is 20.6 Å². The number of piperidine rings is 1. The molecule has 1 fully saturated rings. The Hall–Kier alpha value is -3.02. The summed E-state index contributed by atoms with van der Waals surface area (Å²) in [6, 6.07) is 14.7. The number of carbonyl (C=O) groups is 2. The first-order valence-corrected chi connectivity index (χ1v) is 9.44. The molecular formula is C22H26N2O4. The van der Waals surface area contributed by atoms with Gasteiger partial charge in [0.1, 0.15) is 11.5 Å². The fourth-order valence-corrected chi connectivity index (χ4v) is 3.38. The van der Waals surface area contributed by atoms with Crippen LogP contribution in [0.3, 0.4) is 0 Å². The highest BCUT2D eigenvalue weighted by Gasteiger charge is 2.24. The standard InChI is InChI=1S/C22H26N2O4/c1-27-19-7-3-5-16(13-19)14-21(25)24-11-9-18(10-12-24)23-22(26)17-6-4-8-20(15-17)28-2/h3-8,13,15,18H,9-12,14H2,1-2H3,(H,23,26).